The predicted molar refractivity (Wildman–Crippen MR) is 121 cm³/mol. The maximum atomic E-state index is 12.3. The molecule has 0 aliphatic heterocycles. The van der Waals surface area contributed by atoms with Gasteiger partial charge >= 0.3 is 6.18 Å². The van der Waals surface area contributed by atoms with Crippen molar-refractivity contribution in [2.24, 2.45) is 0 Å². The number of ether oxygens (including phenoxy) is 3. The van der Waals surface area contributed by atoms with Crippen LogP contribution in [0.3, 0.4) is 0 Å². The van der Waals surface area contributed by atoms with Crippen LogP contribution in [0.25, 0.3) is 11.3 Å². The Balaban J connectivity index is 1.62. The van der Waals surface area contributed by atoms with Crippen molar-refractivity contribution in [1.29, 1.82) is 0 Å². The van der Waals surface area contributed by atoms with Crippen molar-refractivity contribution < 1.29 is 32.2 Å². The highest BCUT2D eigenvalue weighted by molar-refractivity contribution is 5.95. The van der Waals surface area contributed by atoms with Gasteiger partial charge in [-0.1, -0.05) is 24.3 Å². The van der Waals surface area contributed by atoms with Crippen LogP contribution in [0.4, 0.5) is 13.2 Å². The van der Waals surface area contributed by atoms with Crippen molar-refractivity contribution in [3.8, 4) is 28.6 Å². The minimum absolute atomic E-state index is 0.251. The Morgan fingerprint density at radius 2 is 1.74 bits per heavy atom. The Kier molecular flexibility index (Phi) is 8.34. The normalized spacial score (nSPS) is 11.1. The molecule has 0 spiro atoms. The number of pyridine rings is 1. The van der Waals surface area contributed by atoms with Gasteiger partial charge in [-0.15, -0.1) is 0 Å². The quantitative estimate of drug-likeness (QED) is 0.444. The fraction of sp³-hybridized carbons (Fsp3) is 0.280. The lowest BCUT2D eigenvalue weighted by molar-refractivity contribution is -0.132. The molecule has 0 aliphatic carbocycles. The maximum Gasteiger partial charge on any atom is 0.390 e. The van der Waals surface area contributed by atoms with E-state index < -0.39 is 25.0 Å². The molecule has 0 radical (unpaired) electrons. The highest BCUT2D eigenvalue weighted by Crippen LogP contribution is 2.28. The fourth-order valence-corrected chi connectivity index (χ4v) is 3.21. The summed E-state index contributed by atoms with van der Waals surface area (Å²) >= 11 is 0. The topological polar surface area (TPSA) is 69.7 Å². The van der Waals surface area contributed by atoms with Gasteiger partial charge in [0.15, 0.2) is 11.5 Å². The molecule has 9 heteroatoms. The minimum Gasteiger partial charge on any atom is -0.493 e. The molecule has 6 nitrogen and oxygen atoms in total. The number of alkyl halides is 3. The zero-order valence-corrected chi connectivity index (χ0v) is 18.8. The number of benzene rings is 2. The van der Waals surface area contributed by atoms with Crippen LogP contribution < -0.4 is 19.5 Å². The molecule has 3 aromatic rings. The van der Waals surface area contributed by atoms with E-state index in [1.165, 1.54) is 6.07 Å². The second-order valence-electron chi connectivity index (χ2n) is 7.35. The van der Waals surface area contributed by atoms with Crippen LogP contribution in [0.2, 0.25) is 0 Å². The summed E-state index contributed by atoms with van der Waals surface area (Å²) in [6, 6.07) is 17.5. The number of aromatic nitrogens is 1. The highest BCUT2D eigenvalue weighted by Gasteiger charge is 2.26. The smallest absolute Gasteiger partial charge is 0.390 e. The number of halogens is 3. The predicted octanol–water partition coefficient (Wildman–Crippen LogP) is 5.07. The third kappa shape index (κ3) is 7.13. The molecule has 34 heavy (non-hydrogen) atoms. The van der Waals surface area contributed by atoms with Gasteiger partial charge in [0.05, 0.1) is 32.9 Å². The van der Waals surface area contributed by atoms with Gasteiger partial charge in [0, 0.05) is 30.2 Å². The van der Waals surface area contributed by atoms with Gasteiger partial charge in [0.1, 0.15) is 0 Å². The molecule has 1 aromatic heterocycles. The SMILES string of the molecule is COc1ccc(CCOc2cccc(-c3cccc(C(=O)NCCC(F)(F)F)c3)n2)cc1OC. The molecular weight excluding hydrogens is 449 g/mol. The zero-order chi connectivity index (χ0) is 24.6. The number of hydrogen-bond acceptors (Lipinski definition) is 5. The Bertz CT molecular complexity index is 1120. The van der Waals surface area contributed by atoms with Crippen LogP contribution >= 0.6 is 0 Å². The number of carbonyl (C=O) groups is 1. The van der Waals surface area contributed by atoms with Gasteiger partial charge < -0.3 is 19.5 Å². The molecule has 0 aliphatic rings. The number of hydrogen-bond donors (Lipinski definition) is 1. The molecule has 0 unspecified atom stereocenters. The molecule has 1 heterocycles. The number of nitrogens with one attached hydrogen (secondary N) is 1. The number of nitrogens with zero attached hydrogens (tertiary/aromatic N) is 1. The first-order valence-corrected chi connectivity index (χ1v) is 10.5. The summed E-state index contributed by atoms with van der Waals surface area (Å²) in [6.07, 6.45) is -4.78. The molecule has 1 N–H and O–H groups in total. The first-order valence-electron chi connectivity index (χ1n) is 10.5. The van der Waals surface area contributed by atoms with E-state index in [4.69, 9.17) is 14.2 Å². The maximum absolute atomic E-state index is 12.3. The molecule has 1 amide bonds. The monoisotopic (exact) mass is 474 g/mol. The first kappa shape index (κ1) is 24.9. The van der Waals surface area contributed by atoms with Crippen LogP contribution in [0, 0.1) is 0 Å². The Morgan fingerprint density at radius 1 is 0.971 bits per heavy atom. The molecule has 0 saturated carbocycles. The Labute approximate surface area is 195 Å². The van der Waals surface area contributed by atoms with E-state index in [9.17, 15) is 18.0 Å². The summed E-state index contributed by atoms with van der Waals surface area (Å²) in [5, 5.41) is 2.28. The average Bonchev–Trinajstić information content (AvgIpc) is 2.83. The van der Waals surface area contributed by atoms with E-state index in [0.29, 0.717) is 41.7 Å². The van der Waals surface area contributed by atoms with E-state index in [1.807, 2.05) is 18.2 Å². The van der Waals surface area contributed by atoms with Crippen molar-refractivity contribution in [1.82, 2.24) is 10.3 Å². The molecule has 2 aromatic carbocycles. The molecule has 180 valence electrons. The van der Waals surface area contributed by atoms with Crippen LogP contribution in [-0.4, -0.2) is 44.4 Å². The fourth-order valence-electron chi connectivity index (χ4n) is 3.21. The standard InChI is InChI=1S/C25H25F3N2O4/c1-32-21-10-9-17(15-22(21)33-2)11-14-34-23-8-4-7-20(30-23)18-5-3-6-19(16-18)24(31)29-13-12-25(26,27)28/h3-10,15-16H,11-14H2,1-2H3,(H,29,31). The Morgan fingerprint density at radius 3 is 2.47 bits per heavy atom. The van der Waals surface area contributed by atoms with E-state index in [-0.39, 0.29) is 5.56 Å². The minimum atomic E-state index is -4.32. The van der Waals surface area contributed by atoms with Crippen molar-refractivity contribution >= 4 is 5.91 Å². The number of amides is 1. The molecule has 0 saturated heterocycles. The van der Waals surface area contributed by atoms with Gasteiger partial charge in [-0.2, -0.15) is 13.2 Å². The van der Waals surface area contributed by atoms with Gasteiger partial charge in [-0.25, -0.2) is 4.98 Å². The van der Waals surface area contributed by atoms with E-state index in [0.717, 1.165) is 5.56 Å². The largest absolute Gasteiger partial charge is 0.493 e. The van der Waals surface area contributed by atoms with Gasteiger partial charge in [-0.3, -0.25) is 4.79 Å². The lowest BCUT2D eigenvalue weighted by Crippen LogP contribution is -2.27. The number of methoxy groups -OCH3 is 2. The summed E-state index contributed by atoms with van der Waals surface area (Å²) in [5.74, 6) is 1.13. The van der Waals surface area contributed by atoms with E-state index in [1.54, 1.807) is 50.6 Å². The van der Waals surface area contributed by atoms with Gasteiger partial charge in [-0.05, 0) is 35.9 Å². The van der Waals surface area contributed by atoms with Gasteiger partial charge in [0.25, 0.3) is 5.91 Å². The molecule has 0 bridgehead atoms. The van der Waals surface area contributed by atoms with Crippen molar-refractivity contribution in [3.05, 3.63) is 71.8 Å². The van der Waals surface area contributed by atoms with Crippen LogP contribution in [0.15, 0.2) is 60.7 Å². The average molecular weight is 474 g/mol. The van der Waals surface area contributed by atoms with Gasteiger partial charge in [0.2, 0.25) is 5.88 Å². The molecular formula is C25H25F3N2O4. The summed E-state index contributed by atoms with van der Waals surface area (Å²) in [6.45, 7) is -0.0954. The summed E-state index contributed by atoms with van der Waals surface area (Å²) in [7, 11) is 3.16. The first-order chi connectivity index (χ1) is 16.3. The second-order valence-corrected chi connectivity index (χ2v) is 7.35. The second kappa shape index (κ2) is 11.4. The highest BCUT2D eigenvalue weighted by atomic mass is 19.4. The zero-order valence-electron chi connectivity index (χ0n) is 18.8. The van der Waals surface area contributed by atoms with Crippen molar-refractivity contribution in [2.45, 2.75) is 19.0 Å². The summed E-state index contributed by atoms with van der Waals surface area (Å²) < 4.78 is 53.2. The lowest BCUT2D eigenvalue weighted by Gasteiger charge is -2.11. The summed E-state index contributed by atoms with van der Waals surface area (Å²) in [5.41, 5.74) is 2.49. The third-order valence-electron chi connectivity index (χ3n) is 4.93. The Hall–Kier alpha value is -3.75. The lowest BCUT2D eigenvalue weighted by atomic mass is 10.1. The number of carbonyl (C=O) groups excluding carboxylic acids is 1. The number of rotatable bonds is 10. The molecule has 0 fully saturated rings. The third-order valence-corrected chi connectivity index (χ3v) is 4.93. The summed E-state index contributed by atoms with van der Waals surface area (Å²) in [4.78, 5) is 16.7. The van der Waals surface area contributed by atoms with E-state index in [2.05, 4.69) is 10.3 Å². The van der Waals surface area contributed by atoms with E-state index >= 15 is 0 Å². The van der Waals surface area contributed by atoms with Crippen LogP contribution in [0.1, 0.15) is 22.3 Å². The molecule has 3 rings (SSSR count). The van der Waals surface area contributed by atoms with Crippen molar-refractivity contribution in [3.63, 3.8) is 0 Å². The van der Waals surface area contributed by atoms with Crippen LogP contribution in [0.5, 0.6) is 17.4 Å². The molecule has 0 atom stereocenters. The van der Waals surface area contributed by atoms with Crippen molar-refractivity contribution in [2.75, 3.05) is 27.4 Å². The van der Waals surface area contributed by atoms with Crippen LogP contribution in [-0.2, 0) is 6.42 Å².